The first-order chi connectivity index (χ1) is 11.8. The zero-order valence-corrected chi connectivity index (χ0v) is 16.9. The van der Waals surface area contributed by atoms with E-state index < -0.39 is 0 Å². The van der Waals surface area contributed by atoms with Gasteiger partial charge in [-0.05, 0) is 45.5 Å². The van der Waals surface area contributed by atoms with Crippen LogP contribution in [0.15, 0.2) is 30.3 Å². The molecule has 0 amide bonds. The molecule has 0 aromatic heterocycles. The molecule has 0 spiro atoms. The van der Waals surface area contributed by atoms with Crippen molar-refractivity contribution in [2.45, 2.75) is 89.9 Å². The zero-order valence-electron chi connectivity index (χ0n) is 16.9. The van der Waals surface area contributed by atoms with Crippen molar-refractivity contribution in [3.05, 3.63) is 35.9 Å². The Morgan fingerprint density at radius 1 is 0.560 bits per heavy atom. The summed E-state index contributed by atoms with van der Waals surface area (Å²) < 4.78 is 0. The van der Waals surface area contributed by atoms with Crippen LogP contribution in [0.4, 0.5) is 0 Å². The zero-order chi connectivity index (χ0) is 17.3. The van der Waals surface area contributed by atoms with Crippen LogP contribution < -0.4 is 0 Å². The van der Waals surface area contributed by atoms with Crippen molar-refractivity contribution in [1.82, 2.24) is 4.90 Å². The van der Waals surface area contributed by atoms with E-state index in [0.29, 0.717) is 0 Å². The monoisotopic (exact) mass is 349 g/mol. The Morgan fingerprint density at radius 3 is 1.40 bits per heavy atom. The molecule has 1 aromatic carbocycles. The number of benzene rings is 1. The van der Waals surface area contributed by atoms with Gasteiger partial charge in [0.25, 0.3) is 0 Å². The average Bonchev–Trinajstić information content (AvgIpc) is 2.59. The van der Waals surface area contributed by atoms with Crippen LogP contribution in [0.2, 0.25) is 0 Å². The summed E-state index contributed by atoms with van der Waals surface area (Å²) in [6.07, 6.45) is 19.9. The number of hydrogen-bond donors (Lipinski definition) is 0. The maximum Gasteiger partial charge on any atom is -0.00248 e. The second-order valence-corrected chi connectivity index (χ2v) is 7.64. The second kappa shape index (κ2) is 17.9. The third-order valence-electron chi connectivity index (χ3n) is 4.91. The second-order valence-electron chi connectivity index (χ2n) is 7.64. The van der Waals surface area contributed by atoms with Gasteiger partial charge >= 0.3 is 0 Å². The minimum atomic E-state index is 0. The van der Waals surface area contributed by atoms with Crippen molar-refractivity contribution >= 4 is 0 Å². The average molecular weight is 350 g/mol. The maximum atomic E-state index is 2.29. The van der Waals surface area contributed by atoms with Crippen LogP contribution in [0.25, 0.3) is 0 Å². The molecule has 0 bridgehead atoms. The minimum Gasteiger partial charge on any atom is -0.412 e. The molecule has 1 aromatic rings. The predicted molar refractivity (Wildman–Crippen MR) is 112 cm³/mol. The fourth-order valence-electron chi connectivity index (χ4n) is 3.35. The molecular weight excluding hydrogens is 306 g/mol. The quantitative estimate of drug-likeness (QED) is 0.335. The lowest BCUT2D eigenvalue weighted by atomic mass is 10.0. The summed E-state index contributed by atoms with van der Waals surface area (Å²) in [6.45, 7) is 1.26. The molecule has 25 heavy (non-hydrogen) atoms. The van der Waals surface area contributed by atoms with Crippen LogP contribution >= 0.6 is 0 Å². The van der Waals surface area contributed by atoms with Crippen LogP contribution in [0.5, 0.6) is 0 Å². The van der Waals surface area contributed by atoms with Crippen LogP contribution in [-0.2, 0) is 6.42 Å². The molecule has 0 aliphatic heterocycles. The summed E-state index contributed by atoms with van der Waals surface area (Å²) >= 11 is 0. The standard InChI is InChI=1S/C23H41N.H2O/c1-24(2)22-18-13-11-9-7-5-3-4-6-8-10-12-15-19-23-20-16-14-17-21-23;/h14,16-17,20-21H,3-13,15,18-19,22H2,1-2H3;1H2. The van der Waals surface area contributed by atoms with Gasteiger partial charge in [0.2, 0.25) is 0 Å². The molecular formula is C23H43NO. The molecule has 0 saturated heterocycles. The summed E-state index contributed by atoms with van der Waals surface area (Å²) in [6, 6.07) is 10.9. The van der Waals surface area contributed by atoms with Gasteiger partial charge < -0.3 is 10.4 Å². The molecule has 2 heteroatoms. The maximum absolute atomic E-state index is 2.29. The lowest BCUT2D eigenvalue weighted by molar-refractivity contribution is 0.389. The van der Waals surface area contributed by atoms with Gasteiger partial charge in [-0.25, -0.2) is 0 Å². The molecule has 2 N–H and O–H groups in total. The van der Waals surface area contributed by atoms with Gasteiger partial charge in [0.05, 0.1) is 0 Å². The molecule has 0 aliphatic carbocycles. The molecule has 0 saturated carbocycles. The van der Waals surface area contributed by atoms with Crippen molar-refractivity contribution in [3.63, 3.8) is 0 Å². The predicted octanol–water partition coefficient (Wildman–Crippen LogP) is 6.04. The topological polar surface area (TPSA) is 34.7 Å². The summed E-state index contributed by atoms with van der Waals surface area (Å²) in [7, 11) is 4.34. The van der Waals surface area contributed by atoms with E-state index >= 15 is 0 Å². The van der Waals surface area contributed by atoms with Gasteiger partial charge in [-0.2, -0.15) is 0 Å². The molecule has 0 fully saturated rings. The lowest BCUT2D eigenvalue weighted by Gasteiger charge is -2.08. The Bertz CT molecular complexity index is 364. The third kappa shape index (κ3) is 16.4. The number of unbranched alkanes of at least 4 members (excludes halogenated alkanes) is 12. The Morgan fingerprint density at radius 2 is 0.960 bits per heavy atom. The van der Waals surface area contributed by atoms with Crippen LogP contribution in [-0.4, -0.2) is 31.0 Å². The van der Waals surface area contributed by atoms with Gasteiger partial charge in [-0.1, -0.05) is 101 Å². The van der Waals surface area contributed by atoms with E-state index in [4.69, 9.17) is 0 Å². The van der Waals surface area contributed by atoms with E-state index in [9.17, 15) is 0 Å². The highest BCUT2D eigenvalue weighted by molar-refractivity contribution is 5.14. The summed E-state index contributed by atoms with van der Waals surface area (Å²) in [4.78, 5) is 2.29. The highest BCUT2D eigenvalue weighted by Gasteiger charge is 1.96. The fourth-order valence-corrected chi connectivity index (χ4v) is 3.35. The van der Waals surface area contributed by atoms with Gasteiger partial charge in [0, 0.05) is 0 Å². The smallest absolute Gasteiger partial charge is 0.00248 e. The van der Waals surface area contributed by atoms with Crippen molar-refractivity contribution < 1.29 is 5.48 Å². The molecule has 1 rings (SSSR count). The Labute approximate surface area is 157 Å². The number of rotatable bonds is 16. The van der Waals surface area contributed by atoms with Gasteiger partial charge in [0.1, 0.15) is 0 Å². The highest BCUT2D eigenvalue weighted by Crippen LogP contribution is 2.13. The minimum absolute atomic E-state index is 0. The first kappa shape index (κ1) is 24.1. The van der Waals surface area contributed by atoms with E-state index in [0.717, 1.165) is 0 Å². The molecule has 0 radical (unpaired) electrons. The van der Waals surface area contributed by atoms with Gasteiger partial charge in [0.15, 0.2) is 0 Å². The molecule has 0 heterocycles. The Balaban J connectivity index is 0.00000576. The third-order valence-corrected chi connectivity index (χ3v) is 4.91. The van der Waals surface area contributed by atoms with Gasteiger partial charge in [-0.15, -0.1) is 0 Å². The van der Waals surface area contributed by atoms with E-state index in [1.165, 1.54) is 102 Å². The highest BCUT2D eigenvalue weighted by atomic mass is 16.0. The fraction of sp³-hybridized carbons (Fsp3) is 0.739. The van der Waals surface area contributed by atoms with E-state index in [1.54, 1.807) is 0 Å². The number of aryl methyl sites for hydroxylation is 1. The molecule has 0 atom stereocenters. The molecule has 0 unspecified atom stereocenters. The Hall–Kier alpha value is -0.860. The van der Waals surface area contributed by atoms with E-state index in [-0.39, 0.29) is 5.48 Å². The van der Waals surface area contributed by atoms with Crippen LogP contribution in [0.3, 0.4) is 0 Å². The largest absolute Gasteiger partial charge is 0.412 e. The van der Waals surface area contributed by atoms with Crippen LogP contribution in [0, 0.1) is 0 Å². The summed E-state index contributed by atoms with van der Waals surface area (Å²) in [5.74, 6) is 0. The van der Waals surface area contributed by atoms with E-state index in [2.05, 4.69) is 49.3 Å². The summed E-state index contributed by atoms with van der Waals surface area (Å²) in [5.41, 5.74) is 1.50. The lowest BCUT2D eigenvalue weighted by Crippen LogP contribution is -2.12. The number of nitrogens with zero attached hydrogens (tertiary/aromatic N) is 1. The summed E-state index contributed by atoms with van der Waals surface area (Å²) in [5, 5.41) is 0. The van der Waals surface area contributed by atoms with Crippen molar-refractivity contribution in [3.8, 4) is 0 Å². The van der Waals surface area contributed by atoms with Crippen molar-refractivity contribution in [1.29, 1.82) is 0 Å². The Kier molecular flexibility index (Phi) is 17.3. The van der Waals surface area contributed by atoms with Gasteiger partial charge in [-0.3, -0.25) is 0 Å². The SMILES string of the molecule is CN(C)CCCCCCCCCCCCCCCc1ccccc1.O. The van der Waals surface area contributed by atoms with Crippen LogP contribution in [0.1, 0.15) is 89.0 Å². The molecule has 0 aliphatic rings. The molecule has 2 nitrogen and oxygen atoms in total. The molecule has 146 valence electrons. The number of hydrogen-bond acceptors (Lipinski definition) is 1. The first-order valence-corrected chi connectivity index (χ1v) is 10.5. The van der Waals surface area contributed by atoms with Crippen molar-refractivity contribution in [2.24, 2.45) is 0 Å². The van der Waals surface area contributed by atoms with Crippen molar-refractivity contribution in [2.75, 3.05) is 20.6 Å². The first-order valence-electron chi connectivity index (χ1n) is 10.5. The normalized spacial score (nSPS) is 10.8. The van der Waals surface area contributed by atoms with E-state index in [1.807, 2.05) is 0 Å².